The Labute approximate surface area is 169 Å². The zero-order chi connectivity index (χ0) is 19.6. The molecule has 0 bridgehead atoms. The van der Waals surface area contributed by atoms with Crippen LogP contribution in [0.4, 0.5) is 10.1 Å². The van der Waals surface area contributed by atoms with Crippen LogP contribution >= 0.6 is 22.6 Å². The first-order valence-corrected chi connectivity index (χ1v) is 9.30. The normalized spacial score (nSPS) is 16.5. The lowest BCUT2D eigenvalue weighted by Crippen LogP contribution is -2.45. The van der Waals surface area contributed by atoms with E-state index in [4.69, 9.17) is 0 Å². The summed E-state index contributed by atoms with van der Waals surface area (Å²) in [6.45, 7) is 3.73. The number of rotatable bonds is 5. The Kier molecular flexibility index (Phi) is 5.69. The lowest BCUT2D eigenvalue weighted by atomic mass is 10.1. The molecular weight excluding hydrogens is 462 g/mol. The highest BCUT2D eigenvalue weighted by Crippen LogP contribution is 2.27. The number of amides is 3. The van der Waals surface area contributed by atoms with Crippen molar-refractivity contribution in [1.29, 1.82) is 0 Å². The number of hydrogen-bond donors (Lipinski definition) is 0. The van der Waals surface area contributed by atoms with Gasteiger partial charge >= 0.3 is 0 Å². The van der Waals surface area contributed by atoms with Crippen LogP contribution in [0.2, 0.25) is 0 Å². The van der Waals surface area contributed by atoms with Gasteiger partial charge in [-0.2, -0.15) is 0 Å². The minimum absolute atomic E-state index is 0.0976. The average molecular weight is 478 g/mol. The predicted molar refractivity (Wildman–Crippen MR) is 108 cm³/mol. The van der Waals surface area contributed by atoms with Gasteiger partial charge in [0.1, 0.15) is 11.9 Å². The van der Waals surface area contributed by atoms with Gasteiger partial charge in [-0.3, -0.25) is 14.4 Å². The number of carbonyl (C=O) groups excluding carboxylic acids is 3. The van der Waals surface area contributed by atoms with Gasteiger partial charge < -0.3 is 4.90 Å². The van der Waals surface area contributed by atoms with Crippen molar-refractivity contribution in [2.45, 2.75) is 12.5 Å². The maximum atomic E-state index is 13.1. The second-order valence-electron chi connectivity index (χ2n) is 6.02. The minimum atomic E-state index is -0.924. The van der Waals surface area contributed by atoms with Gasteiger partial charge in [-0.1, -0.05) is 6.08 Å². The Morgan fingerprint density at radius 1 is 1.19 bits per heavy atom. The molecule has 2 aromatic carbocycles. The van der Waals surface area contributed by atoms with E-state index in [1.165, 1.54) is 35.2 Å². The fraction of sp³-hybridized carbons (Fsp3) is 0.150. The summed E-state index contributed by atoms with van der Waals surface area (Å²) in [5, 5.41) is 0. The van der Waals surface area contributed by atoms with E-state index in [2.05, 4.69) is 29.2 Å². The van der Waals surface area contributed by atoms with Crippen LogP contribution in [-0.2, 0) is 9.59 Å². The van der Waals surface area contributed by atoms with Gasteiger partial charge in [-0.25, -0.2) is 9.29 Å². The molecule has 1 aliphatic heterocycles. The maximum Gasteiger partial charge on any atom is 0.257 e. The van der Waals surface area contributed by atoms with E-state index in [1.54, 1.807) is 24.3 Å². The van der Waals surface area contributed by atoms with Gasteiger partial charge in [0.15, 0.2) is 0 Å². The Hall–Kier alpha value is -2.55. The zero-order valence-electron chi connectivity index (χ0n) is 14.3. The van der Waals surface area contributed by atoms with Crippen molar-refractivity contribution >= 4 is 46.0 Å². The molecule has 1 unspecified atom stereocenters. The van der Waals surface area contributed by atoms with Crippen molar-refractivity contribution in [2.75, 3.05) is 11.4 Å². The molecule has 1 fully saturated rings. The van der Waals surface area contributed by atoms with Crippen LogP contribution in [0.15, 0.2) is 61.2 Å². The summed E-state index contributed by atoms with van der Waals surface area (Å²) in [5.41, 5.74) is 0.715. The fourth-order valence-electron chi connectivity index (χ4n) is 2.97. The largest absolute Gasteiger partial charge is 0.322 e. The van der Waals surface area contributed by atoms with Crippen LogP contribution in [0.3, 0.4) is 0 Å². The highest BCUT2D eigenvalue weighted by atomic mass is 127. The van der Waals surface area contributed by atoms with E-state index < -0.39 is 23.7 Å². The molecule has 0 radical (unpaired) electrons. The molecular formula is C20H16FIN2O3. The highest BCUT2D eigenvalue weighted by molar-refractivity contribution is 14.1. The van der Waals surface area contributed by atoms with Crippen LogP contribution < -0.4 is 4.90 Å². The molecule has 0 saturated carbocycles. The summed E-state index contributed by atoms with van der Waals surface area (Å²) in [6.07, 6.45) is 1.39. The molecule has 1 saturated heterocycles. The Bertz CT molecular complexity index is 896. The smallest absolute Gasteiger partial charge is 0.257 e. The molecule has 0 N–H and O–H groups in total. The van der Waals surface area contributed by atoms with Gasteiger partial charge in [-0.05, 0) is 71.1 Å². The van der Waals surface area contributed by atoms with Crippen LogP contribution in [0.25, 0.3) is 0 Å². The molecule has 27 heavy (non-hydrogen) atoms. The molecule has 1 atom stereocenters. The van der Waals surface area contributed by atoms with Crippen LogP contribution in [0.1, 0.15) is 16.8 Å². The second-order valence-corrected chi connectivity index (χ2v) is 7.26. The summed E-state index contributed by atoms with van der Waals surface area (Å²) in [7, 11) is 0. The fourth-order valence-corrected chi connectivity index (χ4v) is 3.33. The quantitative estimate of drug-likeness (QED) is 0.376. The summed E-state index contributed by atoms with van der Waals surface area (Å²) < 4.78 is 14.1. The van der Waals surface area contributed by atoms with Crippen molar-refractivity contribution in [3.05, 3.63) is 76.1 Å². The first kappa shape index (κ1) is 19.2. The monoisotopic (exact) mass is 478 g/mol. The third-order valence-corrected chi connectivity index (χ3v) is 4.98. The number of halogens is 2. The SMILES string of the molecule is C=CCN(C(=O)c1ccc(F)cc1)C1CC(=O)N(c2ccc(I)cc2)C1=O. The Morgan fingerprint density at radius 3 is 2.41 bits per heavy atom. The molecule has 0 aliphatic carbocycles. The van der Waals surface area contributed by atoms with E-state index in [-0.39, 0.29) is 24.4 Å². The lowest BCUT2D eigenvalue weighted by molar-refractivity contribution is -0.122. The number of carbonyl (C=O) groups is 3. The van der Waals surface area contributed by atoms with Crippen molar-refractivity contribution < 1.29 is 18.8 Å². The van der Waals surface area contributed by atoms with E-state index in [9.17, 15) is 18.8 Å². The number of imide groups is 1. The lowest BCUT2D eigenvalue weighted by Gasteiger charge is -2.26. The Balaban J connectivity index is 1.89. The molecule has 1 heterocycles. The molecule has 3 amide bonds. The standard InChI is InChI=1S/C20H16FIN2O3/c1-2-11-23(19(26)13-3-5-14(21)6-4-13)17-12-18(25)24(20(17)27)16-9-7-15(22)8-10-16/h2-10,17H,1,11-12H2. The van der Waals surface area contributed by atoms with Crippen molar-refractivity contribution in [3.8, 4) is 0 Å². The Morgan fingerprint density at radius 2 is 1.81 bits per heavy atom. The molecule has 138 valence electrons. The first-order chi connectivity index (χ1) is 12.9. The molecule has 5 nitrogen and oxygen atoms in total. The minimum Gasteiger partial charge on any atom is -0.322 e. The van der Waals surface area contributed by atoms with E-state index in [0.29, 0.717) is 5.69 Å². The van der Waals surface area contributed by atoms with Crippen LogP contribution in [0.5, 0.6) is 0 Å². The number of anilines is 1. The van der Waals surface area contributed by atoms with Gasteiger partial charge in [0, 0.05) is 15.7 Å². The molecule has 1 aliphatic rings. The topological polar surface area (TPSA) is 57.7 Å². The zero-order valence-corrected chi connectivity index (χ0v) is 16.4. The third-order valence-electron chi connectivity index (χ3n) is 4.26. The summed E-state index contributed by atoms with van der Waals surface area (Å²) in [5.74, 6) is -1.74. The molecule has 7 heteroatoms. The third kappa shape index (κ3) is 3.92. The van der Waals surface area contributed by atoms with E-state index in [1.807, 2.05) is 0 Å². The summed E-state index contributed by atoms with van der Waals surface area (Å²) in [4.78, 5) is 40.7. The van der Waals surface area contributed by atoms with Crippen LogP contribution in [0, 0.1) is 9.39 Å². The number of nitrogens with zero attached hydrogens (tertiary/aromatic N) is 2. The first-order valence-electron chi connectivity index (χ1n) is 8.22. The highest BCUT2D eigenvalue weighted by Gasteiger charge is 2.44. The second kappa shape index (κ2) is 7.99. The number of hydrogen-bond acceptors (Lipinski definition) is 3. The molecule has 2 aromatic rings. The van der Waals surface area contributed by atoms with Gasteiger partial charge in [0.05, 0.1) is 12.1 Å². The van der Waals surface area contributed by atoms with Crippen molar-refractivity contribution in [3.63, 3.8) is 0 Å². The van der Waals surface area contributed by atoms with Crippen LogP contribution in [-0.4, -0.2) is 35.2 Å². The average Bonchev–Trinajstić information content (AvgIpc) is 2.95. The molecule has 3 rings (SSSR count). The predicted octanol–water partition coefficient (Wildman–Crippen LogP) is 3.39. The summed E-state index contributed by atoms with van der Waals surface area (Å²) in [6, 6.07) is 11.1. The van der Waals surface area contributed by atoms with Gasteiger partial charge in [-0.15, -0.1) is 6.58 Å². The molecule has 0 spiro atoms. The van der Waals surface area contributed by atoms with Gasteiger partial charge in [0.25, 0.3) is 11.8 Å². The van der Waals surface area contributed by atoms with E-state index >= 15 is 0 Å². The van der Waals surface area contributed by atoms with Crippen molar-refractivity contribution in [1.82, 2.24) is 4.90 Å². The van der Waals surface area contributed by atoms with E-state index in [0.717, 1.165) is 8.47 Å². The number of benzene rings is 2. The molecule has 0 aromatic heterocycles. The maximum absolute atomic E-state index is 13.1. The summed E-state index contributed by atoms with van der Waals surface area (Å²) >= 11 is 2.13. The van der Waals surface area contributed by atoms with Crippen molar-refractivity contribution in [2.24, 2.45) is 0 Å². The van der Waals surface area contributed by atoms with Gasteiger partial charge in [0.2, 0.25) is 5.91 Å².